The molecule has 2 heteroatoms. The van der Waals surface area contributed by atoms with E-state index in [4.69, 9.17) is 0 Å². The third-order valence-electron chi connectivity index (χ3n) is 1.53. The lowest BCUT2D eigenvalue weighted by Crippen LogP contribution is -1.92. The molecular formula is C10H10FO. The number of allylic oxidation sites excluding steroid dienone is 1. The van der Waals surface area contributed by atoms with Gasteiger partial charge in [-0.05, 0) is 24.6 Å². The van der Waals surface area contributed by atoms with Crippen molar-refractivity contribution < 1.29 is 9.50 Å². The molecule has 0 bridgehead atoms. The first-order chi connectivity index (χ1) is 5.74. The van der Waals surface area contributed by atoms with E-state index in [-0.39, 0.29) is 5.82 Å². The second-order valence-corrected chi connectivity index (χ2v) is 2.42. The Morgan fingerprint density at radius 3 is 2.42 bits per heavy atom. The Morgan fingerprint density at radius 2 is 1.92 bits per heavy atom. The normalized spacial score (nSPS) is 13.6. The SMILES string of the molecule is [CH2]C=CC(O)c1ccc(F)cc1. The Labute approximate surface area is 71.2 Å². The summed E-state index contributed by atoms with van der Waals surface area (Å²) < 4.78 is 12.4. The van der Waals surface area contributed by atoms with Crippen LogP contribution in [0.3, 0.4) is 0 Å². The van der Waals surface area contributed by atoms with E-state index >= 15 is 0 Å². The van der Waals surface area contributed by atoms with E-state index in [9.17, 15) is 9.50 Å². The first-order valence-electron chi connectivity index (χ1n) is 3.63. The Morgan fingerprint density at radius 1 is 1.33 bits per heavy atom. The lowest BCUT2D eigenvalue weighted by molar-refractivity contribution is 0.228. The third-order valence-corrected chi connectivity index (χ3v) is 1.53. The maximum absolute atomic E-state index is 12.4. The highest BCUT2D eigenvalue weighted by atomic mass is 19.1. The monoisotopic (exact) mass is 165 g/mol. The number of hydrogen-bond donors (Lipinski definition) is 1. The minimum absolute atomic E-state index is 0.301. The zero-order valence-corrected chi connectivity index (χ0v) is 6.57. The van der Waals surface area contributed by atoms with Gasteiger partial charge in [0.15, 0.2) is 0 Å². The van der Waals surface area contributed by atoms with Crippen molar-refractivity contribution in [3.63, 3.8) is 0 Å². The lowest BCUT2D eigenvalue weighted by Gasteiger charge is -2.04. The summed E-state index contributed by atoms with van der Waals surface area (Å²) in [6, 6.07) is 5.71. The molecule has 1 radical (unpaired) electrons. The Bertz CT molecular complexity index is 264. The minimum Gasteiger partial charge on any atom is -0.384 e. The molecule has 0 spiro atoms. The van der Waals surface area contributed by atoms with Crippen LogP contribution in [-0.2, 0) is 0 Å². The van der Waals surface area contributed by atoms with E-state index < -0.39 is 6.10 Å². The van der Waals surface area contributed by atoms with E-state index in [0.717, 1.165) is 0 Å². The maximum atomic E-state index is 12.4. The summed E-state index contributed by atoms with van der Waals surface area (Å²) in [6.45, 7) is 3.45. The van der Waals surface area contributed by atoms with E-state index in [1.807, 2.05) is 0 Å². The lowest BCUT2D eigenvalue weighted by atomic mass is 10.1. The van der Waals surface area contributed by atoms with Gasteiger partial charge < -0.3 is 5.11 Å². The molecule has 12 heavy (non-hydrogen) atoms. The van der Waals surface area contributed by atoms with Crippen LogP contribution in [-0.4, -0.2) is 5.11 Å². The second-order valence-electron chi connectivity index (χ2n) is 2.42. The molecule has 0 saturated carbocycles. The second kappa shape index (κ2) is 4.02. The fourth-order valence-electron chi connectivity index (χ4n) is 0.900. The fourth-order valence-corrected chi connectivity index (χ4v) is 0.900. The number of rotatable bonds is 2. The molecule has 0 aromatic heterocycles. The zero-order chi connectivity index (χ0) is 8.97. The number of aliphatic hydroxyl groups is 1. The van der Waals surface area contributed by atoms with Crippen molar-refractivity contribution in [2.24, 2.45) is 0 Å². The Balaban J connectivity index is 2.82. The van der Waals surface area contributed by atoms with E-state index in [2.05, 4.69) is 6.92 Å². The summed E-state index contributed by atoms with van der Waals surface area (Å²) in [5.41, 5.74) is 0.663. The van der Waals surface area contributed by atoms with Crippen LogP contribution in [0, 0.1) is 12.7 Å². The topological polar surface area (TPSA) is 20.2 Å². The van der Waals surface area contributed by atoms with Gasteiger partial charge in [0, 0.05) is 0 Å². The molecule has 1 aromatic rings. The van der Waals surface area contributed by atoms with Gasteiger partial charge in [-0.25, -0.2) is 4.39 Å². The van der Waals surface area contributed by atoms with Crippen LogP contribution in [0.1, 0.15) is 11.7 Å². The van der Waals surface area contributed by atoms with Crippen LogP contribution in [0.15, 0.2) is 36.4 Å². The maximum Gasteiger partial charge on any atom is 0.123 e. The zero-order valence-electron chi connectivity index (χ0n) is 6.57. The average Bonchev–Trinajstić information content (AvgIpc) is 2.06. The van der Waals surface area contributed by atoms with Gasteiger partial charge in [-0.3, -0.25) is 0 Å². The van der Waals surface area contributed by atoms with Crippen LogP contribution >= 0.6 is 0 Å². The summed E-state index contributed by atoms with van der Waals surface area (Å²) in [6.07, 6.45) is 2.35. The van der Waals surface area contributed by atoms with Gasteiger partial charge in [0.05, 0.1) is 6.10 Å². The van der Waals surface area contributed by atoms with Gasteiger partial charge in [0.25, 0.3) is 0 Å². The van der Waals surface area contributed by atoms with Gasteiger partial charge in [0.2, 0.25) is 0 Å². The van der Waals surface area contributed by atoms with Crippen molar-refractivity contribution in [1.29, 1.82) is 0 Å². The summed E-state index contributed by atoms with van der Waals surface area (Å²) in [4.78, 5) is 0. The summed E-state index contributed by atoms with van der Waals surface area (Å²) in [5, 5.41) is 9.36. The first kappa shape index (κ1) is 8.94. The number of halogens is 1. The predicted molar refractivity (Wildman–Crippen MR) is 45.9 cm³/mol. The van der Waals surface area contributed by atoms with Crippen molar-refractivity contribution >= 4 is 0 Å². The van der Waals surface area contributed by atoms with Gasteiger partial charge in [-0.15, -0.1) is 0 Å². The molecule has 1 nitrogen and oxygen atoms in total. The van der Waals surface area contributed by atoms with Crippen molar-refractivity contribution in [1.82, 2.24) is 0 Å². The molecule has 0 aliphatic rings. The van der Waals surface area contributed by atoms with Crippen molar-refractivity contribution in [3.05, 3.63) is 54.7 Å². The third kappa shape index (κ3) is 2.17. The molecule has 1 atom stereocenters. The first-order valence-corrected chi connectivity index (χ1v) is 3.63. The molecule has 1 unspecified atom stereocenters. The number of aliphatic hydroxyl groups excluding tert-OH is 1. The van der Waals surface area contributed by atoms with Crippen LogP contribution in [0.2, 0.25) is 0 Å². The highest BCUT2D eigenvalue weighted by Gasteiger charge is 2.01. The molecule has 0 amide bonds. The van der Waals surface area contributed by atoms with Gasteiger partial charge in [0.1, 0.15) is 5.82 Å². The summed E-state index contributed by atoms with van der Waals surface area (Å²) >= 11 is 0. The van der Waals surface area contributed by atoms with E-state index in [0.29, 0.717) is 5.56 Å². The standard InChI is InChI=1S/C10H10FO/c1-2-3-10(12)8-4-6-9(11)7-5-8/h2-7,10,12H,1H2. The molecule has 63 valence electrons. The van der Waals surface area contributed by atoms with E-state index in [1.165, 1.54) is 24.3 Å². The average molecular weight is 165 g/mol. The smallest absolute Gasteiger partial charge is 0.123 e. The van der Waals surface area contributed by atoms with Gasteiger partial charge >= 0.3 is 0 Å². The Kier molecular flexibility index (Phi) is 3.00. The molecule has 0 fully saturated rings. The van der Waals surface area contributed by atoms with Crippen molar-refractivity contribution in [2.75, 3.05) is 0 Å². The highest BCUT2D eigenvalue weighted by Crippen LogP contribution is 2.13. The number of hydrogen-bond acceptors (Lipinski definition) is 1. The molecule has 1 N–H and O–H groups in total. The quantitative estimate of drug-likeness (QED) is 0.712. The molecular weight excluding hydrogens is 155 g/mol. The molecule has 0 aliphatic carbocycles. The van der Waals surface area contributed by atoms with Crippen LogP contribution in [0.25, 0.3) is 0 Å². The summed E-state index contributed by atoms with van der Waals surface area (Å²) in [7, 11) is 0. The van der Waals surface area contributed by atoms with Crippen molar-refractivity contribution in [3.8, 4) is 0 Å². The van der Waals surface area contributed by atoms with Crippen LogP contribution < -0.4 is 0 Å². The van der Waals surface area contributed by atoms with Gasteiger partial charge in [-0.2, -0.15) is 0 Å². The molecule has 1 rings (SSSR count). The van der Waals surface area contributed by atoms with E-state index in [1.54, 1.807) is 12.1 Å². The molecule has 0 heterocycles. The minimum atomic E-state index is -0.692. The largest absolute Gasteiger partial charge is 0.384 e. The fraction of sp³-hybridized carbons (Fsp3) is 0.100. The van der Waals surface area contributed by atoms with Crippen LogP contribution in [0.4, 0.5) is 4.39 Å². The van der Waals surface area contributed by atoms with Crippen LogP contribution in [0.5, 0.6) is 0 Å². The summed E-state index contributed by atoms with van der Waals surface area (Å²) in [5.74, 6) is -0.301. The number of benzene rings is 1. The van der Waals surface area contributed by atoms with Crippen molar-refractivity contribution in [2.45, 2.75) is 6.10 Å². The molecule has 0 saturated heterocycles. The predicted octanol–water partition coefficient (Wildman–Crippen LogP) is 2.25. The molecule has 0 aliphatic heterocycles. The van der Waals surface area contributed by atoms with Gasteiger partial charge in [-0.1, -0.05) is 24.3 Å². The molecule has 1 aromatic carbocycles. The Hall–Kier alpha value is -1.15. The highest BCUT2D eigenvalue weighted by molar-refractivity contribution is 5.21.